The summed E-state index contributed by atoms with van der Waals surface area (Å²) in [7, 11) is -3.49. The minimum atomic E-state index is -3.49. The lowest BCUT2D eigenvalue weighted by Crippen LogP contribution is -2.15. The fourth-order valence-electron chi connectivity index (χ4n) is 3.52. The smallest absolute Gasteiger partial charge is 0.222 e. The van der Waals surface area contributed by atoms with Crippen LogP contribution >= 0.6 is 0 Å². The Bertz CT molecular complexity index is 1380. The minimum Gasteiger partial charge on any atom is -0.493 e. The van der Waals surface area contributed by atoms with Crippen molar-refractivity contribution in [3.8, 4) is 17.0 Å². The van der Waals surface area contributed by atoms with Gasteiger partial charge in [0.2, 0.25) is 5.91 Å². The van der Waals surface area contributed by atoms with Crippen LogP contribution in [0, 0.1) is 5.92 Å². The van der Waals surface area contributed by atoms with Gasteiger partial charge in [-0.05, 0) is 50.8 Å². The largest absolute Gasteiger partial charge is 0.493 e. The van der Waals surface area contributed by atoms with Gasteiger partial charge in [0.15, 0.2) is 9.84 Å². The van der Waals surface area contributed by atoms with E-state index in [-0.39, 0.29) is 10.8 Å². The van der Waals surface area contributed by atoms with Gasteiger partial charge in [-0.2, -0.15) is 0 Å². The second-order valence-corrected chi connectivity index (χ2v) is 11.6. The number of hydrogen-bond donors (Lipinski definition) is 3. The van der Waals surface area contributed by atoms with E-state index < -0.39 is 15.4 Å². The lowest BCUT2D eigenvalue weighted by Gasteiger charge is -2.18. The third-order valence-corrected chi connectivity index (χ3v) is 6.82. The van der Waals surface area contributed by atoms with E-state index in [9.17, 15) is 18.3 Å². The van der Waals surface area contributed by atoms with Gasteiger partial charge in [0.25, 0.3) is 0 Å². The molecule has 4 rings (SSSR count). The molecule has 1 fully saturated rings. The molecule has 0 spiro atoms. The molecule has 3 aromatic rings. The average Bonchev–Trinajstić information content (AvgIpc) is 3.61. The number of carbonyl (C=O) groups excluding carboxylic acids is 1. The van der Waals surface area contributed by atoms with Crippen LogP contribution < -0.4 is 15.4 Å². The minimum absolute atomic E-state index is 0.128. The molecule has 190 valence electrons. The van der Waals surface area contributed by atoms with E-state index in [0.717, 1.165) is 19.1 Å². The summed E-state index contributed by atoms with van der Waals surface area (Å²) in [5.41, 5.74) is 1.87. The van der Waals surface area contributed by atoms with Crippen molar-refractivity contribution in [2.24, 2.45) is 5.92 Å². The molecule has 36 heavy (non-hydrogen) atoms. The molecule has 0 aliphatic heterocycles. The molecule has 0 unspecified atom stereocenters. The Balaban J connectivity index is 1.74. The lowest BCUT2D eigenvalue weighted by atomic mass is 9.99. The van der Waals surface area contributed by atoms with E-state index in [1.165, 1.54) is 19.1 Å². The van der Waals surface area contributed by atoms with Crippen molar-refractivity contribution in [1.29, 1.82) is 0 Å². The standard InChI is InChI=1S/C26H30N4O5S/c1-16(31)29-25-12-24(22(14-28-25)23-8-7-18(13-27-23)26(2,3)32)30-19-9-20(35-15-17-5-6-17)11-21(10-19)36(4,33)34/h7-14,17,32H,5-6,15H2,1-4H3,(H2,28,29,30,31). The SMILES string of the molecule is CC(=O)Nc1cc(Nc2cc(OCC3CC3)cc(S(C)(=O)=O)c2)c(-c2ccc(C(C)(C)O)cn2)cn1. The van der Waals surface area contributed by atoms with Gasteiger partial charge in [-0.3, -0.25) is 9.78 Å². The summed E-state index contributed by atoms with van der Waals surface area (Å²) in [6, 6.07) is 10.00. The second-order valence-electron chi connectivity index (χ2n) is 9.63. The normalized spacial score (nSPS) is 13.8. The maximum atomic E-state index is 12.3. The highest BCUT2D eigenvalue weighted by molar-refractivity contribution is 7.90. The Morgan fingerprint density at radius 3 is 2.47 bits per heavy atom. The van der Waals surface area contributed by atoms with Gasteiger partial charge in [0.1, 0.15) is 11.6 Å². The third kappa shape index (κ3) is 6.58. The highest BCUT2D eigenvalue weighted by Gasteiger charge is 2.23. The molecule has 2 heterocycles. The van der Waals surface area contributed by atoms with E-state index in [4.69, 9.17) is 4.74 Å². The molecule has 1 aliphatic rings. The summed E-state index contributed by atoms with van der Waals surface area (Å²) in [6.45, 7) is 5.28. The Morgan fingerprint density at radius 2 is 1.89 bits per heavy atom. The molecule has 0 atom stereocenters. The molecule has 1 aromatic carbocycles. The highest BCUT2D eigenvalue weighted by Crippen LogP contribution is 2.35. The van der Waals surface area contributed by atoms with Crippen molar-refractivity contribution >= 4 is 32.9 Å². The summed E-state index contributed by atoms with van der Waals surface area (Å²) in [6.07, 6.45) is 6.54. The number of hydrogen-bond acceptors (Lipinski definition) is 8. The molecule has 1 aliphatic carbocycles. The zero-order valence-electron chi connectivity index (χ0n) is 20.7. The van der Waals surface area contributed by atoms with Crippen molar-refractivity contribution in [3.63, 3.8) is 0 Å². The molecule has 0 saturated heterocycles. The van der Waals surface area contributed by atoms with Crippen molar-refractivity contribution in [3.05, 3.63) is 54.4 Å². The van der Waals surface area contributed by atoms with E-state index in [1.807, 2.05) is 0 Å². The van der Waals surface area contributed by atoms with Crippen LogP contribution in [-0.2, 0) is 20.2 Å². The number of aromatic nitrogens is 2. The van der Waals surface area contributed by atoms with Gasteiger partial charge in [-0.25, -0.2) is 13.4 Å². The molecular formula is C26H30N4O5S. The Labute approximate surface area is 210 Å². The number of aliphatic hydroxyl groups is 1. The second kappa shape index (κ2) is 9.87. The molecule has 2 aromatic heterocycles. The van der Waals surface area contributed by atoms with Crippen LogP contribution in [0.15, 0.2) is 53.7 Å². The van der Waals surface area contributed by atoms with Crippen LogP contribution in [-0.4, -0.2) is 42.3 Å². The molecular weight excluding hydrogens is 480 g/mol. The maximum Gasteiger partial charge on any atom is 0.222 e. The van der Waals surface area contributed by atoms with Crippen molar-refractivity contribution < 1.29 is 23.1 Å². The fourth-order valence-corrected chi connectivity index (χ4v) is 4.19. The van der Waals surface area contributed by atoms with Gasteiger partial charge in [0, 0.05) is 54.5 Å². The van der Waals surface area contributed by atoms with Crippen LogP contribution in [0.2, 0.25) is 0 Å². The van der Waals surface area contributed by atoms with Crippen molar-refractivity contribution in [1.82, 2.24) is 9.97 Å². The van der Waals surface area contributed by atoms with Crippen molar-refractivity contribution in [2.75, 3.05) is 23.5 Å². The number of carbonyl (C=O) groups is 1. The highest BCUT2D eigenvalue weighted by atomic mass is 32.2. The van der Waals surface area contributed by atoms with Gasteiger partial charge < -0.3 is 20.5 Å². The summed E-state index contributed by atoms with van der Waals surface area (Å²) < 4.78 is 30.6. The third-order valence-electron chi connectivity index (χ3n) is 5.72. The van der Waals surface area contributed by atoms with Crippen LogP contribution in [0.1, 0.15) is 39.2 Å². The van der Waals surface area contributed by atoms with Crippen LogP contribution in [0.25, 0.3) is 11.3 Å². The Hall–Kier alpha value is -3.50. The summed E-state index contributed by atoms with van der Waals surface area (Å²) in [4.78, 5) is 20.5. The first-order valence-electron chi connectivity index (χ1n) is 11.6. The number of amides is 1. The first-order valence-corrected chi connectivity index (χ1v) is 13.5. The number of anilines is 3. The van der Waals surface area contributed by atoms with Gasteiger partial charge >= 0.3 is 0 Å². The number of benzene rings is 1. The van der Waals surface area contributed by atoms with Crippen LogP contribution in [0.3, 0.4) is 0 Å². The molecule has 0 radical (unpaired) electrons. The van der Waals surface area contributed by atoms with Gasteiger partial charge in [-0.15, -0.1) is 0 Å². The van der Waals surface area contributed by atoms with E-state index in [2.05, 4.69) is 20.6 Å². The molecule has 3 N–H and O–H groups in total. The first kappa shape index (κ1) is 25.6. The van der Waals surface area contributed by atoms with E-state index in [1.54, 1.807) is 50.5 Å². The topological polar surface area (TPSA) is 131 Å². The van der Waals surface area contributed by atoms with Gasteiger partial charge in [0.05, 0.1) is 28.5 Å². The molecule has 10 heteroatoms. The quantitative estimate of drug-likeness (QED) is 0.389. The molecule has 1 amide bonds. The number of nitrogens with zero attached hydrogens (tertiary/aromatic N) is 2. The predicted octanol–water partition coefficient (Wildman–Crippen LogP) is 4.27. The van der Waals surface area contributed by atoms with Gasteiger partial charge in [-0.1, -0.05) is 6.07 Å². The molecule has 1 saturated carbocycles. The summed E-state index contributed by atoms with van der Waals surface area (Å²) >= 11 is 0. The number of pyridine rings is 2. The lowest BCUT2D eigenvalue weighted by molar-refractivity contribution is -0.114. The number of ether oxygens (including phenoxy) is 1. The number of nitrogens with one attached hydrogen (secondary N) is 2. The Kier molecular flexibility index (Phi) is 7.01. The maximum absolute atomic E-state index is 12.3. The predicted molar refractivity (Wildman–Crippen MR) is 138 cm³/mol. The average molecular weight is 511 g/mol. The fraction of sp³-hybridized carbons (Fsp3) is 0.346. The van der Waals surface area contributed by atoms with E-state index in [0.29, 0.717) is 52.3 Å². The monoisotopic (exact) mass is 510 g/mol. The summed E-state index contributed by atoms with van der Waals surface area (Å²) in [5, 5.41) is 16.2. The first-order chi connectivity index (χ1) is 16.9. The van der Waals surface area contributed by atoms with Crippen LogP contribution in [0.5, 0.6) is 5.75 Å². The number of sulfone groups is 1. The Morgan fingerprint density at radius 1 is 1.14 bits per heavy atom. The molecule has 0 bridgehead atoms. The summed E-state index contributed by atoms with van der Waals surface area (Å²) in [5.74, 6) is 1.01. The zero-order valence-corrected chi connectivity index (χ0v) is 21.5. The zero-order chi connectivity index (χ0) is 26.1. The van der Waals surface area contributed by atoms with E-state index >= 15 is 0 Å². The van der Waals surface area contributed by atoms with Crippen LogP contribution in [0.4, 0.5) is 17.2 Å². The molecule has 9 nitrogen and oxygen atoms in total. The van der Waals surface area contributed by atoms with Crippen molar-refractivity contribution in [2.45, 2.75) is 44.1 Å². The number of rotatable bonds is 9.